The van der Waals surface area contributed by atoms with Gasteiger partial charge in [0.1, 0.15) is 0 Å². The zero-order valence-electron chi connectivity index (χ0n) is 12.2. The Kier molecular flexibility index (Phi) is 4.79. The van der Waals surface area contributed by atoms with Gasteiger partial charge in [0.15, 0.2) is 6.10 Å². The molecule has 0 radical (unpaired) electrons. The van der Waals surface area contributed by atoms with Crippen LogP contribution in [-0.2, 0) is 29.5 Å². The fourth-order valence-corrected chi connectivity index (χ4v) is 2.29. The number of carboxylic acid groups (broad SMARTS) is 1. The molecule has 2 rings (SSSR count). The van der Waals surface area contributed by atoms with Gasteiger partial charge in [0.05, 0.1) is 18.8 Å². The van der Waals surface area contributed by atoms with Gasteiger partial charge in [0.2, 0.25) is 0 Å². The van der Waals surface area contributed by atoms with Gasteiger partial charge in [-0.15, -0.1) is 0 Å². The third-order valence-corrected chi connectivity index (χ3v) is 3.39. The second-order valence-corrected chi connectivity index (χ2v) is 4.93. The molecule has 1 fully saturated rings. The van der Waals surface area contributed by atoms with Crippen molar-refractivity contribution in [3.8, 4) is 0 Å². The summed E-state index contributed by atoms with van der Waals surface area (Å²) in [4.78, 5) is 24.4. The maximum atomic E-state index is 12.1. The van der Waals surface area contributed by atoms with Gasteiger partial charge in [-0.25, -0.2) is 9.59 Å². The lowest BCUT2D eigenvalue weighted by Gasteiger charge is -2.30. The Morgan fingerprint density at radius 1 is 1.57 bits per heavy atom. The van der Waals surface area contributed by atoms with Crippen molar-refractivity contribution in [2.45, 2.75) is 26.0 Å². The van der Waals surface area contributed by atoms with Crippen LogP contribution in [0.25, 0.3) is 0 Å². The summed E-state index contributed by atoms with van der Waals surface area (Å²) >= 11 is 0. The molecule has 0 aromatic carbocycles. The summed E-state index contributed by atoms with van der Waals surface area (Å²) in [5.74, 6) is -1.05. The van der Waals surface area contributed by atoms with Crippen LogP contribution in [0, 0.1) is 0 Å². The summed E-state index contributed by atoms with van der Waals surface area (Å²) in [6, 6.07) is -0.282. The first-order valence-corrected chi connectivity index (χ1v) is 6.89. The van der Waals surface area contributed by atoms with Crippen LogP contribution in [0.5, 0.6) is 0 Å². The van der Waals surface area contributed by atoms with Crippen LogP contribution in [0.15, 0.2) is 6.20 Å². The van der Waals surface area contributed by atoms with Crippen molar-refractivity contribution < 1.29 is 19.4 Å². The largest absolute Gasteiger partial charge is 0.479 e. The lowest BCUT2D eigenvalue weighted by atomic mass is 10.2. The minimum atomic E-state index is -1.05. The molecule has 0 spiro atoms. The number of morpholine rings is 1. The molecular formula is C13H20N4O4. The number of hydrogen-bond donors (Lipinski definition) is 2. The van der Waals surface area contributed by atoms with Crippen molar-refractivity contribution in [1.29, 1.82) is 0 Å². The number of aliphatic carboxylic acids is 1. The summed E-state index contributed by atoms with van der Waals surface area (Å²) in [7, 11) is 1.84. The highest BCUT2D eigenvalue weighted by Gasteiger charge is 2.28. The van der Waals surface area contributed by atoms with E-state index in [1.165, 1.54) is 4.90 Å². The van der Waals surface area contributed by atoms with Crippen molar-refractivity contribution in [1.82, 2.24) is 20.0 Å². The lowest BCUT2D eigenvalue weighted by Crippen LogP contribution is -2.51. The highest BCUT2D eigenvalue weighted by Crippen LogP contribution is 2.09. The van der Waals surface area contributed by atoms with E-state index in [4.69, 9.17) is 9.84 Å². The van der Waals surface area contributed by atoms with Crippen molar-refractivity contribution >= 4 is 12.0 Å². The van der Waals surface area contributed by atoms with Crippen LogP contribution in [0.2, 0.25) is 0 Å². The first-order valence-electron chi connectivity index (χ1n) is 6.89. The van der Waals surface area contributed by atoms with Crippen molar-refractivity contribution in [2.75, 3.05) is 19.7 Å². The Balaban J connectivity index is 1.90. The molecule has 1 saturated heterocycles. The minimum Gasteiger partial charge on any atom is -0.479 e. The van der Waals surface area contributed by atoms with Gasteiger partial charge in [0, 0.05) is 31.9 Å². The average molecular weight is 296 g/mol. The molecule has 8 heteroatoms. The van der Waals surface area contributed by atoms with Crippen LogP contribution in [0.4, 0.5) is 4.79 Å². The fourth-order valence-electron chi connectivity index (χ4n) is 2.29. The van der Waals surface area contributed by atoms with E-state index in [0.717, 1.165) is 17.7 Å². The number of carbonyl (C=O) groups excluding carboxylic acids is 1. The first-order chi connectivity index (χ1) is 10.0. The summed E-state index contributed by atoms with van der Waals surface area (Å²) in [5.41, 5.74) is 1.92. The zero-order valence-corrected chi connectivity index (χ0v) is 12.2. The second kappa shape index (κ2) is 6.57. The number of carbonyl (C=O) groups is 2. The van der Waals surface area contributed by atoms with Crippen molar-refractivity contribution in [2.24, 2.45) is 7.05 Å². The molecule has 1 aromatic heterocycles. The molecule has 1 aliphatic heterocycles. The maximum absolute atomic E-state index is 12.1. The third-order valence-electron chi connectivity index (χ3n) is 3.39. The monoisotopic (exact) mass is 296 g/mol. The number of aromatic nitrogens is 2. The van der Waals surface area contributed by atoms with Crippen LogP contribution in [-0.4, -0.2) is 57.6 Å². The Bertz CT molecular complexity index is 528. The highest BCUT2D eigenvalue weighted by molar-refractivity contribution is 5.77. The van der Waals surface area contributed by atoms with Crippen LogP contribution < -0.4 is 5.32 Å². The van der Waals surface area contributed by atoms with Gasteiger partial charge in [-0.1, -0.05) is 6.92 Å². The molecule has 2 heterocycles. The van der Waals surface area contributed by atoms with Gasteiger partial charge >= 0.3 is 12.0 Å². The molecule has 21 heavy (non-hydrogen) atoms. The molecule has 0 bridgehead atoms. The van der Waals surface area contributed by atoms with E-state index in [9.17, 15) is 9.59 Å². The van der Waals surface area contributed by atoms with Crippen molar-refractivity contribution in [3.63, 3.8) is 0 Å². The predicted molar refractivity (Wildman–Crippen MR) is 73.8 cm³/mol. The number of nitrogens with one attached hydrogen (secondary N) is 1. The number of carboxylic acids is 1. The average Bonchev–Trinajstić information content (AvgIpc) is 2.85. The molecule has 2 N–H and O–H groups in total. The highest BCUT2D eigenvalue weighted by atomic mass is 16.5. The molecule has 1 atom stereocenters. The van der Waals surface area contributed by atoms with Gasteiger partial charge in [-0.2, -0.15) is 5.10 Å². The first kappa shape index (κ1) is 15.3. The standard InChI is InChI=1S/C13H20N4O4/c1-3-10-9(7-16(2)15-10)6-14-13(20)17-4-5-21-11(8-17)12(18)19/h7,11H,3-6,8H2,1-2H3,(H,14,20)(H,18,19). The van der Waals surface area contributed by atoms with Crippen molar-refractivity contribution in [3.05, 3.63) is 17.5 Å². The summed E-state index contributed by atoms with van der Waals surface area (Å²) in [6.07, 6.45) is 1.72. The lowest BCUT2D eigenvalue weighted by molar-refractivity contribution is -0.154. The second-order valence-electron chi connectivity index (χ2n) is 4.93. The number of rotatable bonds is 4. The topological polar surface area (TPSA) is 96.7 Å². The molecule has 2 amide bonds. The smallest absolute Gasteiger partial charge is 0.334 e. The summed E-state index contributed by atoms with van der Waals surface area (Å²) in [6.45, 7) is 3.08. The maximum Gasteiger partial charge on any atom is 0.334 e. The Morgan fingerprint density at radius 3 is 3.00 bits per heavy atom. The fraction of sp³-hybridized carbons (Fsp3) is 0.615. The summed E-state index contributed by atoms with van der Waals surface area (Å²) in [5, 5.41) is 16.0. The van der Waals surface area contributed by atoms with Gasteiger partial charge in [-0.3, -0.25) is 4.68 Å². The Morgan fingerprint density at radius 2 is 2.33 bits per heavy atom. The minimum absolute atomic E-state index is 0.0643. The SMILES string of the molecule is CCc1nn(C)cc1CNC(=O)N1CCOC(C(=O)O)C1. The zero-order chi connectivity index (χ0) is 15.4. The van der Waals surface area contributed by atoms with E-state index in [0.29, 0.717) is 13.1 Å². The molecule has 0 saturated carbocycles. The van der Waals surface area contributed by atoms with Gasteiger partial charge in [0.25, 0.3) is 0 Å². The van der Waals surface area contributed by atoms with Crippen LogP contribution in [0.1, 0.15) is 18.2 Å². The number of urea groups is 1. The number of hydrogen-bond acceptors (Lipinski definition) is 4. The molecule has 116 valence electrons. The number of amides is 2. The number of aryl methyl sites for hydroxylation is 2. The third kappa shape index (κ3) is 3.72. The number of ether oxygens (including phenoxy) is 1. The molecule has 1 aliphatic rings. The van der Waals surface area contributed by atoms with E-state index in [1.54, 1.807) is 4.68 Å². The number of nitrogens with zero attached hydrogens (tertiary/aromatic N) is 3. The van der Waals surface area contributed by atoms with E-state index in [-0.39, 0.29) is 19.2 Å². The molecule has 8 nitrogen and oxygen atoms in total. The predicted octanol–water partition coefficient (Wildman–Crippen LogP) is -0.0225. The van der Waals surface area contributed by atoms with E-state index < -0.39 is 12.1 Å². The van der Waals surface area contributed by atoms with E-state index in [2.05, 4.69) is 10.4 Å². The Hall–Kier alpha value is -2.09. The Labute approximate surface area is 122 Å². The normalized spacial score (nSPS) is 18.6. The summed E-state index contributed by atoms with van der Waals surface area (Å²) < 4.78 is 6.81. The van der Waals surface area contributed by atoms with E-state index >= 15 is 0 Å². The van der Waals surface area contributed by atoms with Gasteiger partial charge in [-0.05, 0) is 6.42 Å². The molecular weight excluding hydrogens is 276 g/mol. The van der Waals surface area contributed by atoms with Gasteiger partial charge < -0.3 is 20.1 Å². The molecule has 0 aliphatic carbocycles. The molecule has 1 aromatic rings. The molecule has 1 unspecified atom stereocenters. The van der Waals surface area contributed by atoms with Crippen LogP contribution in [0.3, 0.4) is 0 Å². The quantitative estimate of drug-likeness (QED) is 0.814. The van der Waals surface area contributed by atoms with E-state index in [1.807, 2.05) is 20.2 Å². The van der Waals surface area contributed by atoms with Crippen LogP contribution >= 0.6 is 0 Å².